The lowest BCUT2D eigenvalue weighted by atomic mass is 10.1. The van der Waals surface area contributed by atoms with E-state index in [4.69, 9.17) is 5.73 Å². The number of nitrogens with zero attached hydrogens (tertiary/aromatic N) is 3. The van der Waals surface area contributed by atoms with E-state index in [0.29, 0.717) is 16.5 Å². The number of fused-ring (bicyclic) bond motifs is 1. The second kappa shape index (κ2) is 9.11. The largest absolute Gasteiger partial charge is 0.368 e. The lowest BCUT2D eigenvalue weighted by Crippen LogP contribution is -2.35. The van der Waals surface area contributed by atoms with Crippen LogP contribution in [0.3, 0.4) is 0 Å². The van der Waals surface area contributed by atoms with Crippen molar-refractivity contribution in [1.29, 1.82) is 0 Å². The average molecular weight is 448 g/mol. The summed E-state index contributed by atoms with van der Waals surface area (Å²) in [5.74, 6) is -1.03. The SMILES string of the molecule is Cc1ccc(-c2csc(Cn3nc(CC(=O)NCC(N)=O)c4ccccc4c3=O)n2)cc1. The minimum Gasteiger partial charge on any atom is -0.368 e. The molecule has 0 radical (unpaired) electrons. The van der Waals surface area contributed by atoms with Crippen LogP contribution >= 0.6 is 11.3 Å². The number of hydrogen-bond acceptors (Lipinski definition) is 6. The van der Waals surface area contributed by atoms with E-state index in [0.717, 1.165) is 16.3 Å². The van der Waals surface area contributed by atoms with E-state index < -0.39 is 11.8 Å². The molecule has 4 rings (SSSR count). The van der Waals surface area contributed by atoms with Gasteiger partial charge in [0.1, 0.15) is 5.01 Å². The molecule has 0 atom stereocenters. The van der Waals surface area contributed by atoms with E-state index in [1.165, 1.54) is 21.6 Å². The summed E-state index contributed by atoms with van der Waals surface area (Å²) in [6.45, 7) is 1.97. The van der Waals surface area contributed by atoms with Gasteiger partial charge in [-0.05, 0) is 13.0 Å². The molecule has 0 fully saturated rings. The molecule has 0 aliphatic carbocycles. The van der Waals surface area contributed by atoms with Gasteiger partial charge in [0.05, 0.1) is 36.3 Å². The number of nitrogens with two attached hydrogens (primary N) is 1. The van der Waals surface area contributed by atoms with Crippen molar-refractivity contribution in [3.63, 3.8) is 0 Å². The number of carbonyl (C=O) groups is 2. The van der Waals surface area contributed by atoms with E-state index in [-0.39, 0.29) is 25.1 Å². The van der Waals surface area contributed by atoms with Crippen LogP contribution in [0.15, 0.2) is 58.7 Å². The Balaban J connectivity index is 1.65. The fraction of sp³-hybridized carbons (Fsp3) is 0.174. The van der Waals surface area contributed by atoms with Gasteiger partial charge in [0.25, 0.3) is 5.56 Å². The van der Waals surface area contributed by atoms with Gasteiger partial charge in [-0.1, -0.05) is 48.0 Å². The predicted molar refractivity (Wildman–Crippen MR) is 123 cm³/mol. The Morgan fingerprint density at radius 1 is 1.09 bits per heavy atom. The van der Waals surface area contributed by atoms with Gasteiger partial charge < -0.3 is 11.1 Å². The molecule has 4 aromatic rings. The zero-order chi connectivity index (χ0) is 22.7. The van der Waals surface area contributed by atoms with Crippen LogP contribution < -0.4 is 16.6 Å². The highest BCUT2D eigenvalue weighted by molar-refractivity contribution is 7.09. The van der Waals surface area contributed by atoms with Crippen molar-refractivity contribution in [3.05, 3.63) is 80.5 Å². The Morgan fingerprint density at radius 3 is 2.53 bits per heavy atom. The first kappa shape index (κ1) is 21.4. The third kappa shape index (κ3) is 4.73. The van der Waals surface area contributed by atoms with Crippen molar-refractivity contribution < 1.29 is 9.59 Å². The number of nitrogens with one attached hydrogen (secondary N) is 1. The summed E-state index contributed by atoms with van der Waals surface area (Å²) in [5.41, 5.74) is 8.28. The van der Waals surface area contributed by atoms with Crippen LogP contribution in [-0.2, 0) is 22.6 Å². The third-order valence-corrected chi connectivity index (χ3v) is 5.75. The van der Waals surface area contributed by atoms with Gasteiger partial charge in [-0.2, -0.15) is 5.10 Å². The number of hydrogen-bond donors (Lipinski definition) is 2. The van der Waals surface area contributed by atoms with Crippen molar-refractivity contribution in [2.45, 2.75) is 19.9 Å². The first-order chi connectivity index (χ1) is 15.4. The predicted octanol–water partition coefficient (Wildman–Crippen LogP) is 2.02. The second-order valence-corrected chi connectivity index (χ2v) is 8.31. The molecule has 2 aromatic carbocycles. The molecule has 0 saturated heterocycles. The fourth-order valence-electron chi connectivity index (χ4n) is 3.31. The number of aromatic nitrogens is 3. The first-order valence-corrected chi connectivity index (χ1v) is 10.8. The molecule has 0 bridgehead atoms. The van der Waals surface area contributed by atoms with E-state index in [1.807, 2.05) is 36.6 Å². The van der Waals surface area contributed by atoms with Crippen molar-refractivity contribution in [3.8, 4) is 11.3 Å². The second-order valence-electron chi connectivity index (χ2n) is 7.37. The normalized spacial score (nSPS) is 10.9. The molecule has 8 nitrogen and oxygen atoms in total. The van der Waals surface area contributed by atoms with Gasteiger partial charge in [0.2, 0.25) is 11.8 Å². The number of carbonyl (C=O) groups excluding carboxylic acids is 2. The van der Waals surface area contributed by atoms with Crippen molar-refractivity contribution in [2.24, 2.45) is 5.73 Å². The minimum absolute atomic E-state index is 0.0828. The Hall–Kier alpha value is -3.85. The number of aryl methyl sites for hydroxylation is 1. The van der Waals surface area contributed by atoms with Gasteiger partial charge in [-0.3, -0.25) is 14.4 Å². The maximum Gasteiger partial charge on any atom is 0.275 e. The van der Waals surface area contributed by atoms with Crippen LogP contribution in [0.1, 0.15) is 16.3 Å². The van der Waals surface area contributed by atoms with Gasteiger partial charge in [-0.15, -0.1) is 11.3 Å². The van der Waals surface area contributed by atoms with Crippen LogP contribution in [0, 0.1) is 6.92 Å². The molecule has 0 unspecified atom stereocenters. The number of amides is 2. The van der Waals surface area contributed by atoms with E-state index in [9.17, 15) is 14.4 Å². The summed E-state index contributed by atoms with van der Waals surface area (Å²) in [7, 11) is 0. The number of thiazole rings is 1. The molecule has 32 heavy (non-hydrogen) atoms. The van der Waals surface area contributed by atoms with E-state index in [2.05, 4.69) is 15.4 Å². The van der Waals surface area contributed by atoms with Gasteiger partial charge in [-0.25, -0.2) is 9.67 Å². The van der Waals surface area contributed by atoms with Crippen LogP contribution in [0.2, 0.25) is 0 Å². The molecule has 0 aliphatic heterocycles. The van der Waals surface area contributed by atoms with Crippen molar-refractivity contribution in [2.75, 3.05) is 6.54 Å². The van der Waals surface area contributed by atoms with Crippen LogP contribution in [0.4, 0.5) is 0 Å². The standard InChI is InChI=1S/C23H21N5O3S/c1-14-6-8-15(9-7-14)19-13-32-22(26-19)12-28-23(31)17-5-3-2-4-16(17)18(27-28)10-21(30)25-11-20(24)29/h2-9,13H,10-12H2,1H3,(H2,24,29)(H,25,30). The maximum absolute atomic E-state index is 13.0. The molecule has 9 heteroatoms. The molecular formula is C23H21N5O3S. The van der Waals surface area contributed by atoms with Gasteiger partial charge >= 0.3 is 0 Å². The molecular weight excluding hydrogens is 426 g/mol. The third-order valence-electron chi connectivity index (χ3n) is 4.92. The fourth-order valence-corrected chi connectivity index (χ4v) is 4.10. The Morgan fingerprint density at radius 2 is 1.81 bits per heavy atom. The monoisotopic (exact) mass is 447 g/mol. The van der Waals surface area contributed by atoms with Crippen LogP contribution in [-0.4, -0.2) is 33.1 Å². The number of primary amides is 1. The highest BCUT2D eigenvalue weighted by Crippen LogP contribution is 2.23. The molecule has 2 heterocycles. The average Bonchev–Trinajstić information content (AvgIpc) is 3.24. The van der Waals surface area contributed by atoms with E-state index in [1.54, 1.807) is 24.3 Å². The molecule has 0 spiro atoms. The first-order valence-electron chi connectivity index (χ1n) is 9.96. The Bertz CT molecular complexity index is 1360. The number of rotatable bonds is 7. The van der Waals surface area contributed by atoms with Crippen molar-refractivity contribution >= 4 is 33.9 Å². The van der Waals surface area contributed by atoms with Gasteiger partial charge in [0, 0.05) is 16.3 Å². The molecule has 0 saturated carbocycles. The molecule has 3 N–H and O–H groups in total. The summed E-state index contributed by atoms with van der Waals surface area (Å²) in [4.78, 5) is 40.8. The summed E-state index contributed by atoms with van der Waals surface area (Å²) in [5, 5.41) is 10.7. The Kier molecular flexibility index (Phi) is 6.09. The summed E-state index contributed by atoms with van der Waals surface area (Å²) >= 11 is 1.45. The van der Waals surface area contributed by atoms with Crippen LogP contribution in [0.25, 0.3) is 22.0 Å². The number of benzene rings is 2. The van der Waals surface area contributed by atoms with Crippen LogP contribution in [0.5, 0.6) is 0 Å². The highest BCUT2D eigenvalue weighted by Gasteiger charge is 2.15. The zero-order valence-corrected chi connectivity index (χ0v) is 18.2. The molecule has 2 aromatic heterocycles. The topological polar surface area (TPSA) is 120 Å². The lowest BCUT2D eigenvalue weighted by Gasteiger charge is -2.10. The van der Waals surface area contributed by atoms with Gasteiger partial charge in [0.15, 0.2) is 0 Å². The summed E-state index contributed by atoms with van der Waals surface area (Å²) in [6, 6.07) is 15.1. The van der Waals surface area contributed by atoms with Crippen molar-refractivity contribution in [1.82, 2.24) is 20.1 Å². The lowest BCUT2D eigenvalue weighted by molar-refractivity contribution is -0.124. The highest BCUT2D eigenvalue weighted by atomic mass is 32.1. The summed E-state index contributed by atoms with van der Waals surface area (Å²) in [6.07, 6.45) is -0.0828. The molecule has 2 amide bonds. The minimum atomic E-state index is -0.630. The smallest absolute Gasteiger partial charge is 0.275 e. The Labute approximate surface area is 187 Å². The summed E-state index contributed by atoms with van der Waals surface area (Å²) < 4.78 is 1.33. The van der Waals surface area contributed by atoms with E-state index >= 15 is 0 Å². The quantitative estimate of drug-likeness (QED) is 0.449. The maximum atomic E-state index is 13.0. The molecule has 162 valence electrons. The molecule has 0 aliphatic rings. The zero-order valence-electron chi connectivity index (χ0n) is 17.4.